The molecule has 0 atom stereocenters. The number of Topliss-reactive ketones (excluding diaryl/α,β-unsaturated/α-hetero) is 1. The summed E-state index contributed by atoms with van der Waals surface area (Å²) >= 11 is 7.22. The van der Waals surface area contributed by atoms with E-state index in [1.807, 2.05) is 29.7 Å². The van der Waals surface area contributed by atoms with Gasteiger partial charge in [-0.05, 0) is 43.3 Å². The zero-order valence-corrected chi connectivity index (χ0v) is 14.6. The minimum absolute atomic E-state index is 0.0294. The molecule has 24 heavy (non-hydrogen) atoms. The lowest BCUT2D eigenvalue weighted by molar-refractivity contribution is 0.102. The Kier molecular flexibility index (Phi) is 5.27. The first kappa shape index (κ1) is 16.7. The largest absolute Gasteiger partial charge is 0.301 e. The second-order valence-corrected chi connectivity index (χ2v) is 6.36. The van der Waals surface area contributed by atoms with Crippen molar-refractivity contribution in [3.05, 3.63) is 59.2 Å². The Labute approximate surface area is 149 Å². The molecule has 5 nitrogen and oxygen atoms in total. The first-order chi connectivity index (χ1) is 11.7. The predicted octanol–water partition coefficient (Wildman–Crippen LogP) is 3.99. The van der Waals surface area contributed by atoms with E-state index in [2.05, 4.69) is 15.2 Å². The number of rotatable bonds is 6. The molecule has 7 heteroatoms. The standard InChI is InChI=1S/C17H15ClN4OS/c1-2-22-16(14-5-3-4-10-19-14)20-21-17(22)24-11-15(23)12-6-8-13(18)9-7-12/h3-10H,2,11H2,1H3. The van der Waals surface area contributed by atoms with Gasteiger partial charge < -0.3 is 4.57 Å². The lowest BCUT2D eigenvalue weighted by Crippen LogP contribution is -2.05. The molecular weight excluding hydrogens is 344 g/mol. The van der Waals surface area contributed by atoms with Crippen molar-refractivity contribution in [2.75, 3.05) is 5.75 Å². The minimum atomic E-state index is 0.0294. The fourth-order valence-corrected chi connectivity index (χ4v) is 3.24. The Morgan fingerprint density at radius 1 is 1.17 bits per heavy atom. The number of nitrogens with zero attached hydrogens (tertiary/aromatic N) is 4. The van der Waals surface area contributed by atoms with Crippen LogP contribution in [0, 0.1) is 0 Å². The molecule has 0 saturated heterocycles. The van der Waals surface area contributed by atoms with Gasteiger partial charge in [0.15, 0.2) is 16.8 Å². The van der Waals surface area contributed by atoms with Crippen LogP contribution in [-0.4, -0.2) is 31.3 Å². The van der Waals surface area contributed by atoms with Gasteiger partial charge >= 0.3 is 0 Å². The number of carbonyl (C=O) groups is 1. The number of halogens is 1. The molecule has 0 radical (unpaired) electrons. The van der Waals surface area contributed by atoms with Crippen molar-refractivity contribution in [2.45, 2.75) is 18.6 Å². The van der Waals surface area contributed by atoms with E-state index in [9.17, 15) is 4.79 Å². The van der Waals surface area contributed by atoms with Crippen molar-refractivity contribution in [3.63, 3.8) is 0 Å². The zero-order chi connectivity index (χ0) is 16.9. The van der Waals surface area contributed by atoms with Gasteiger partial charge in [0.2, 0.25) is 0 Å². The summed E-state index contributed by atoms with van der Waals surface area (Å²) in [4.78, 5) is 16.6. The average molecular weight is 359 g/mol. The average Bonchev–Trinajstić information content (AvgIpc) is 3.04. The van der Waals surface area contributed by atoms with Gasteiger partial charge in [0.05, 0.1) is 5.75 Å². The molecule has 2 aromatic heterocycles. The van der Waals surface area contributed by atoms with Gasteiger partial charge in [-0.1, -0.05) is 29.4 Å². The molecule has 122 valence electrons. The van der Waals surface area contributed by atoms with Crippen molar-refractivity contribution < 1.29 is 4.79 Å². The highest BCUT2D eigenvalue weighted by Crippen LogP contribution is 2.23. The third-order valence-corrected chi connectivity index (χ3v) is 4.64. The summed E-state index contributed by atoms with van der Waals surface area (Å²) in [5.41, 5.74) is 1.40. The summed E-state index contributed by atoms with van der Waals surface area (Å²) in [6.07, 6.45) is 1.72. The molecule has 0 amide bonds. The molecule has 0 fully saturated rings. The number of ketones is 1. The van der Waals surface area contributed by atoms with Crippen molar-refractivity contribution in [3.8, 4) is 11.5 Å². The molecule has 3 rings (SSSR count). The molecule has 2 heterocycles. The number of benzene rings is 1. The number of aromatic nitrogens is 4. The maximum atomic E-state index is 12.3. The van der Waals surface area contributed by atoms with Crippen molar-refractivity contribution in [1.29, 1.82) is 0 Å². The Hall–Kier alpha value is -2.18. The Morgan fingerprint density at radius 3 is 2.62 bits per heavy atom. The Balaban J connectivity index is 1.75. The van der Waals surface area contributed by atoms with E-state index >= 15 is 0 Å². The molecular formula is C17H15ClN4OS. The first-order valence-electron chi connectivity index (χ1n) is 7.45. The fourth-order valence-electron chi connectivity index (χ4n) is 2.21. The van der Waals surface area contributed by atoms with Crippen LogP contribution in [0.2, 0.25) is 5.02 Å². The van der Waals surface area contributed by atoms with Gasteiger partial charge in [-0.2, -0.15) is 0 Å². The molecule has 0 saturated carbocycles. The molecule has 0 N–H and O–H groups in total. The monoisotopic (exact) mass is 358 g/mol. The minimum Gasteiger partial charge on any atom is -0.301 e. The van der Waals surface area contributed by atoms with Crippen LogP contribution in [-0.2, 0) is 6.54 Å². The van der Waals surface area contributed by atoms with E-state index in [1.165, 1.54) is 11.8 Å². The summed E-state index contributed by atoms with van der Waals surface area (Å²) in [7, 11) is 0. The van der Waals surface area contributed by atoms with Crippen LogP contribution in [0.5, 0.6) is 0 Å². The zero-order valence-electron chi connectivity index (χ0n) is 13.0. The lowest BCUT2D eigenvalue weighted by atomic mass is 10.1. The highest BCUT2D eigenvalue weighted by Gasteiger charge is 2.15. The molecule has 0 aliphatic carbocycles. The molecule has 0 spiro atoms. The van der Waals surface area contributed by atoms with Crippen LogP contribution in [0.15, 0.2) is 53.8 Å². The van der Waals surface area contributed by atoms with Crippen molar-refractivity contribution >= 4 is 29.1 Å². The quantitative estimate of drug-likeness (QED) is 0.492. The molecule has 0 unspecified atom stereocenters. The highest BCUT2D eigenvalue weighted by molar-refractivity contribution is 7.99. The summed E-state index contributed by atoms with van der Waals surface area (Å²) in [6, 6.07) is 12.6. The lowest BCUT2D eigenvalue weighted by Gasteiger charge is -2.06. The van der Waals surface area contributed by atoms with E-state index < -0.39 is 0 Å². The van der Waals surface area contributed by atoms with Gasteiger partial charge in [-0.15, -0.1) is 10.2 Å². The van der Waals surface area contributed by atoms with Gasteiger partial charge in [0.25, 0.3) is 0 Å². The molecule has 3 aromatic rings. The second-order valence-electron chi connectivity index (χ2n) is 4.98. The van der Waals surface area contributed by atoms with Gasteiger partial charge in [0.1, 0.15) is 5.69 Å². The second kappa shape index (κ2) is 7.59. The van der Waals surface area contributed by atoms with Crippen LogP contribution in [0.4, 0.5) is 0 Å². The van der Waals surface area contributed by atoms with E-state index in [-0.39, 0.29) is 5.78 Å². The SMILES string of the molecule is CCn1c(SCC(=O)c2ccc(Cl)cc2)nnc1-c1ccccn1. The number of carbonyl (C=O) groups excluding carboxylic acids is 1. The fraction of sp³-hybridized carbons (Fsp3) is 0.176. The summed E-state index contributed by atoms with van der Waals surface area (Å²) in [5.74, 6) is 1.03. The van der Waals surface area contributed by atoms with Crippen LogP contribution in [0.1, 0.15) is 17.3 Å². The van der Waals surface area contributed by atoms with E-state index in [0.717, 1.165) is 5.69 Å². The number of pyridine rings is 1. The Morgan fingerprint density at radius 2 is 1.96 bits per heavy atom. The topological polar surface area (TPSA) is 60.7 Å². The Bertz CT molecular complexity index is 834. The summed E-state index contributed by atoms with van der Waals surface area (Å²) in [5, 5.41) is 9.75. The predicted molar refractivity (Wildman–Crippen MR) is 95.4 cm³/mol. The molecule has 0 aliphatic rings. The van der Waals surface area contributed by atoms with E-state index in [4.69, 9.17) is 11.6 Å². The van der Waals surface area contributed by atoms with Gasteiger partial charge in [0, 0.05) is 23.3 Å². The number of thioether (sulfide) groups is 1. The van der Waals surface area contributed by atoms with Crippen molar-refractivity contribution in [1.82, 2.24) is 19.7 Å². The van der Waals surface area contributed by atoms with Gasteiger partial charge in [-0.3, -0.25) is 9.78 Å². The summed E-state index contributed by atoms with van der Waals surface area (Å²) < 4.78 is 1.96. The smallest absolute Gasteiger partial charge is 0.191 e. The summed E-state index contributed by atoms with van der Waals surface area (Å²) in [6.45, 7) is 2.72. The maximum Gasteiger partial charge on any atom is 0.191 e. The van der Waals surface area contributed by atoms with Crippen LogP contribution in [0.25, 0.3) is 11.5 Å². The first-order valence-corrected chi connectivity index (χ1v) is 8.81. The highest BCUT2D eigenvalue weighted by atomic mass is 35.5. The number of hydrogen-bond acceptors (Lipinski definition) is 5. The van der Waals surface area contributed by atoms with E-state index in [1.54, 1.807) is 30.5 Å². The maximum absolute atomic E-state index is 12.3. The van der Waals surface area contributed by atoms with Crippen molar-refractivity contribution in [2.24, 2.45) is 0 Å². The molecule has 0 aliphatic heterocycles. The van der Waals surface area contributed by atoms with Crippen LogP contribution in [0.3, 0.4) is 0 Å². The van der Waals surface area contributed by atoms with Crippen LogP contribution >= 0.6 is 23.4 Å². The van der Waals surface area contributed by atoms with Crippen LogP contribution < -0.4 is 0 Å². The molecule has 0 bridgehead atoms. The third kappa shape index (κ3) is 3.66. The normalized spacial score (nSPS) is 10.8. The van der Waals surface area contributed by atoms with Gasteiger partial charge in [-0.25, -0.2) is 0 Å². The molecule has 1 aromatic carbocycles. The van der Waals surface area contributed by atoms with E-state index in [0.29, 0.717) is 33.9 Å². The third-order valence-electron chi connectivity index (χ3n) is 3.43. The number of hydrogen-bond donors (Lipinski definition) is 0.